The summed E-state index contributed by atoms with van der Waals surface area (Å²) in [7, 11) is 1.67. The standard InChI is InChI=1S/C19H20FNO4/c1-3-17(13-4-6-14(20)7-5-13)19(24)21(2)15-8-10-16(11-9-15)25-12-18(22)23/h4-11,17H,3,12H2,1-2H3,(H,22,23). The lowest BCUT2D eigenvalue weighted by Gasteiger charge is -2.23. The Labute approximate surface area is 145 Å². The van der Waals surface area contributed by atoms with Crippen LogP contribution in [0.1, 0.15) is 24.8 Å². The number of hydrogen-bond donors (Lipinski definition) is 1. The highest BCUT2D eigenvalue weighted by Gasteiger charge is 2.23. The molecule has 0 saturated carbocycles. The number of halogens is 1. The Bertz CT molecular complexity index is 728. The summed E-state index contributed by atoms with van der Waals surface area (Å²) in [5, 5.41) is 8.60. The van der Waals surface area contributed by atoms with Crippen LogP contribution in [0.2, 0.25) is 0 Å². The molecule has 2 rings (SSSR count). The molecule has 1 unspecified atom stereocenters. The number of nitrogens with zero attached hydrogens (tertiary/aromatic N) is 1. The number of carboxylic acid groups (broad SMARTS) is 1. The van der Waals surface area contributed by atoms with E-state index in [0.29, 0.717) is 17.9 Å². The molecule has 2 aromatic carbocycles. The van der Waals surface area contributed by atoms with Gasteiger partial charge in [-0.2, -0.15) is 0 Å². The van der Waals surface area contributed by atoms with E-state index in [2.05, 4.69) is 0 Å². The summed E-state index contributed by atoms with van der Waals surface area (Å²) < 4.78 is 18.2. The monoisotopic (exact) mass is 345 g/mol. The minimum absolute atomic E-state index is 0.103. The van der Waals surface area contributed by atoms with Crippen molar-refractivity contribution in [1.82, 2.24) is 0 Å². The molecule has 25 heavy (non-hydrogen) atoms. The average molecular weight is 345 g/mol. The van der Waals surface area contributed by atoms with Crippen LogP contribution in [0.3, 0.4) is 0 Å². The molecule has 2 aromatic rings. The van der Waals surface area contributed by atoms with Gasteiger partial charge in [0.15, 0.2) is 6.61 Å². The number of carboxylic acids is 1. The number of rotatable bonds is 7. The van der Waals surface area contributed by atoms with Crippen molar-refractivity contribution in [3.63, 3.8) is 0 Å². The van der Waals surface area contributed by atoms with Gasteiger partial charge in [-0.1, -0.05) is 19.1 Å². The first-order valence-corrected chi connectivity index (χ1v) is 7.90. The van der Waals surface area contributed by atoms with Crippen molar-refractivity contribution in [3.05, 3.63) is 59.9 Å². The SMILES string of the molecule is CCC(C(=O)N(C)c1ccc(OCC(=O)O)cc1)c1ccc(F)cc1. The van der Waals surface area contributed by atoms with Gasteiger partial charge in [0, 0.05) is 12.7 Å². The highest BCUT2D eigenvalue weighted by molar-refractivity contribution is 5.97. The van der Waals surface area contributed by atoms with Crippen LogP contribution in [0.15, 0.2) is 48.5 Å². The largest absolute Gasteiger partial charge is 0.482 e. The summed E-state index contributed by atoms with van der Waals surface area (Å²) in [5.41, 5.74) is 1.43. The normalized spacial score (nSPS) is 11.6. The summed E-state index contributed by atoms with van der Waals surface area (Å²) in [4.78, 5) is 24.8. The van der Waals surface area contributed by atoms with Crippen molar-refractivity contribution in [2.24, 2.45) is 0 Å². The molecule has 1 N–H and O–H groups in total. The molecule has 0 saturated heterocycles. The Morgan fingerprint density at radius 2 is 1.72 bits per heavy atom. The third-order valence-electron chi connectivity index (χ3n) is 3.90. The van der Waals surface area contributed by atoms with Crippen molar-refractivity contribution in [2.75, 3.05) is 18.6 Å². The summed E-state index contributed by atoms with van der Waals surface area (Å²) >= 11 is 0. The molecule has 0 aromatic heterocycles. The van der Waals surface area contributed by atoms with Crippen LogP contribution in [0.4, 0.5) is 10.1 Å². The predicted molar refractivity (Wildman–Crippen MR) is 92.4 cm³/mol. The van der Waals surface area contributed by atoms with Crippen LogP contribution in [0.25, 0.3) is 0 Å². The zero-order valence-corrected chi connectivity index (χ0v) is 14.1. The van der Waals surface area contributed by atoms with E-state index < -0.39 is 12.6 Å². The van der Waals surface area contributed by atoms with Gasteiger partial charge in [0.1, 0.15) is 11.6 Å². The molecule has 1 amide bonds. The Morgan fingerprint density at radius 3 is 2.24 bits per heavy atom. The van der Waals surface area contributed by atoms with Gasteiger partial charge in [-0.3, -0.25) is 4.79 Å². The van der Waals surface area contributed by atoms with Crippen LogP contribution >= 0.6 is 0 Å². The molecule has 0 aliphatic carbocycles. The third kappa shape index (κ3) is 4.79. The smallest absolute Gasteiger partial charge is 0.341 e. The highest BCUT2D eigenvalue weighted by Crippen LogP contribution is 2.26. The number of benzene rings is 2. The maximum atomic E-state index is 13.1. The lowest BCUT2D eigenvalue weighted by molar-refractivity contribution is -0.139. The van der Waals surface area contributed by atoms with Crippen LogP contribution in [0, 0.1) is 5.82 Å². The zero-order valence-electron chi connectivity index (χ0n) is 14.1. The van der Waals surface area contributed by atoms with Gasteiger partial charge in [-0.25, -0.2) is 9.18 Å². The van der Waals surface area contributed by atoms with Crippen molar-refractivity contribution in [2.45, 2.75) is 19.3 Å². The maximum Gasteiger partial charge on any atom is 0.341 e. The lowest BCUT2D eigenvalue weighted by Crippen LogP contribution is -2.31. The van der Waals surface area contributed by atoms with Gasteiger partial charge < -0.3 is 14.7 Å². The second-order valence-electron chi connectivity index (χ2n) is 5.59. The van der Waals surface area contributed by atoms with Gasteiger partial charge in [-0.15, -0.1) is 0 Å². The predicted octanol–water partition coefficient (Wildman–Crippen LogP) is 3.45. The molecular weight excluding hydrogens is 325 g/mol. The van der Waals surface area contributed by atoms with Crippen molar-refractivity contribution in [1.29, 1.82) is 0 Å². The van der Waals surface area contributed by atoms with E-state index in [0.717, 1.165) is 5.56 Å². The molecule has 132 valence electrons. The number of carbonyl (C=O) groups is 2. The van der Waals surface area contributed by atoms with E-state index in [1.54, 1.807) is 43.4 Å². The molecule has 0 radical (unpaired) electrons. The summed E-state index contributed by atoms with van der Waals surface area (Å²) in [5.74, 6) is -1.45. The topological polar surface area (TPSA) is 66.8 Å². The van der Waals surface area contributed by atoms with E-state index in [-0.39, 0.29) is 17.6 Å². The molecule has 0 heterocycles. The summed E-state index contributed by atoms with van der Waals surface area (Å²) in [6, 6.07) is 12.5. The second kappa shape index (κ2) is 8.28. The average Bonchev–Trinajstić information content (AvgIpc) is 2.62. The Balaban J connectivity index is 2.12. The fourth-order valence-electron chi connectivity index (χ4n) is 2.52. The molecule has 0 aliphatic heterocycles. The van der Waals surface area contributed by atoms with Crippen LogP contribution < -0.4 is 9.64 Å². The van der Waals surface area contributed by atoms with Gasteiger partial charge in [0.05, 0.1) is 5.92 Å². The highest BCUT2D eigenvalue weighted by atomic mass is 19.1. The first-order valence-electron chi connectivity index (χ1n) is 7.90. The second-order valence-corrected chi connectivity index (χ2v) is 5.59. The minimum atomic E-state index is -1.05. The van der Waals surface area contributed by atoms with Crippen molar-refractivity contribution < 1.29 is 23.8 Å². The number of hydrogen-bond acceptors (Lipinski definition) is 3. The first-order chi connectivity index (χ1) is 11.9. The molecule has 0 spiro atoms. The number of amides is 1. The summed E-state index contributed by atoms with van der Waals surface area (Å²) in [6.07, 6.45) is 0.592. The summed E-state index contributed by atoms with van der Waals surface area (Å²) in [6.45, 7) is 1.49. The number of aliphatic carboxylic acids is 1. The van der Waals surface area contributed by atoms with Crippen molar-refractivity contribution >= 4 is 17.6 Å². The third-order valence-corrected chi connectivity index (χ3v) is 3.90. The van der Waals surface area contributed by atoms with E-state index in [9.17, 15) is 14.0 Å². The molecular formula is C19H20FNO4. The molecule has 6 heteroatoms. The molecule has 5 nitrogen and oxygen atoms in total. The van der Waals surface area contributed by atoms with E-state index in [4.69, 9.17) is 9.84 Å². The van der Waals surface area contributed by atoms with E-state index >= 15 is 0 Å². The fourth-order valence-corrected chi connectivity index (χ4v) is 2.52. The van der Waals surface area contributed by atoms with Crippen LogP contribution in [0.5, 0.6) is 5.75 Å². The van der Waals surface area contributed by atoms with Crippen LogP contribution in [-0.2, 0) is 9.59 Å². The Kier molecular flexibility index (Phi) is 6.11. The van der Waals surface area contributed by atoms with Crippen LogP contribution in [-0.4, -0.2) is 30.6 Å². The molecule has 0 aliphatic rings. The lowest BCUT2D eigenvalue weighted by atomic mass is 9.95. The number of carbonyl (C=O) groups excluding carboxylic acids is 1. The molecule has 1 atom stereocenters. The number of ether oxygens (including phenoxy) is 1. The maximum absolute atomic E-state index is 13.1. The first kappa shape index (κ1) is 18.4. The Hall–Kier alpha value is -2.89. The van der Waals surface area contributed by atoms with Gasteiger partial charge in [0.25, 0.3) is 0 Å². The number of likely N-dealkylation sites (N-methyl/N-ethyl adjacent to an activating group) is 1. The molecule has 0 bridgehead atoms. The zero-order chi connectivity index (χ0) is 18.4. The minimum Gasteiger partial charge on any atom is -0.482 e. The Morgan fingerprint density at radius 1 is 1.12 bits per heavy atom. The number of anilines is 1. The quantitative estimate of drug-likeness (QED) is 0.835. The molecule has 0 fully saturated rings. The van der Waals surface area contributed by atoms with Gasteiger partial charge >= 0.3 is 5.97 Å². The van der Waals surface area contributed by atoms with Gasteiger partial charge in [-0.05, 0) is 48.4 Å². The fraction of sp³-hybridized carbons (Fsp3) is 0.263. The van der Waals surface area contributed by atoms with E-state index in [1.165, 1.54) is 17.0 Å². The van der Waals surface area contributed by atoms with Crippen molar-refractivity contribution in [3.8, 4) is 5.75 Å². The van der Waals surface area contributed by atoms with E-state index in [1.807, 2.05) is 6.92 Å². The van der Waals surface area contributed by atoms with Gasteiger partial charge in [0.2, 0.25) is 5.91 Å².